The predicted molar refractivity (Wildman–Crippen MR) is 107 cm³/mol. The highest BCUT2D eigenvalue weighted by atomic mass is 35.5. The Kier molecular flexibility index (Phi) is 6.16. The lowest BCUT2D eigenvalue weighted by atomic mass is 10.1. The summed E-state index contributed by atoms with van der Waals surface area (Å²) < 4.78 is 73.0. The molecule has 0 saturated carbocycles. The molecule has 0 aromatic heterocycles. The summed E-state index contributed by atoms with van der Waals surface area (Å²) in [6.07, 6.45) is -5.91. The Morgan fingerprint density at radius 2 is 1.74 bits per heavy atom. The highest BCUT2D eigenvalue weighted by Gasteiger charge is 2.39. The molecule has 3 rings (SSSR count). The van der Waals surface area contributed by atoms with Gasteiger partial charge in [-0.1, -0.05) is 11.6 Å². The Bertz CT molecular complexity index is 1130. The first-order valence-electron chi connectivity index (χ1n) is 9.03. The van der Waals surface area contributed by atoms with Crippen molar-refractivity contribution in [2.45, 2.75) is 37.2 Å². The van der Waals surface area contributed by atoms with Crippen LogP contribution in [0.1, 0.15) is 28.4 Å². The van der Waals surface area contributed by atoms with E-state index in [2.05, 4.69) is 0 Å². The van der Waals surface area contributed by atoms with Crippen LogP contribution >= 0.6 is 11.6 Å². The summed E-state index contributed by atoms with van der Waals surface area (Å²) in [5.74, 6) is -0.591. The molecule has 2 aromatic carbocycles. The van der Waals surface area contributed by atoms with Crippen LogP contribution < -0.4 is 9.47 Å². The second-order valence-corrected chi connectivity index (χ2v) is 9.57. The zero-order valence-electron chi connectivity index (χ0n) is 16.8. The number of rotatable bonds is 5. The Morgan fingerprint density at radius 3 is 2.29 bits per heavy atom. The van der Waals surface area contributed by atoms with Gasteiger partial charge in [-0.3, -0.25) is 4.79 Å². The molecule has 0 bridgehead atoms. The number of hydrogen-bond donors (Lipinski definition) is 0. The Morgan fingerprint density at radius 1 is 1.13 bits per heavy atom. The lowest BCUT2D eigenvalue weighted by Gasteiger charge is -2.22. The standard InChI is InChI=1S/C20H19ClF3NO5S/c1-11(20(22,23)24)30-17-5-4-14(31(3,27)28)8-15(17)19(26)25-9-12-6-16(21)18(29-2)7-13(12)10-25/h4-8,11H,9-10H2,1-3H3/t11-/m1/s1. The third kappa shape index (κ3) is 4.90. The van der Waals surface area contributed by atoms with Crippen LogP contribution in [0.3, 0.4) is 0 Å². The van der Waals surface area contributed by atoms with Gasteiger partial charge in [0.2, 0.25) is 0 Å². The van der Waals surface area contributed by atoms with Gasteiger partial charge >= 0.3 is 6.18 Å². The third-order valence-electron chi connectivity index (χ3n) is 4.86. The minimum Gasteiger partial charge on any atom is -0.495 e. The first-order valence-corrected chi connectivity index (χ1v) is 11.3. The van der Waals surface area contributed by atoms with Gasteiger partial charge in [-0.05, 0) is 48.4 Å². The molecule has 0 fully saturated rings. The maximum atomic E-state index is 13.2. The van der Waals surface area contributed by atoms with Crippen LogP contribution in [0.15, 0.2) is 35.2 Å². The fraction of sp³-hybridized carbons (Fsp3) is 0.350. The monoisotopic (exact) mass is 477 g/mol. The molecule has 1 aliphatic rings. The maximum absolute atomic E-state index is 13.2. The molecule has 31 heavy (non-hydrogen) atoms. The molecule has 1 heterocycles. The molecule has 2 aromatic rings. The van der Waals surface area contributed by atoms with E-state index in [9.17, 15) is 26.4 Å². The molecule has 1 atom stereocenters. The number of sulfone groups is 1. The average Bonchev–Trinajstić information content (AvgIpc) is 3.08. The van der Waals surface area contributed by atoms with Crippen LogP contribution in [-0.2, 0) is 22.9 Å². The molecule has 0 aliphatic carbocycles. The van der Waals surface area contributed by atoms with Gasteiger partial charge in [-0.15, -0.1) is 0 Å². The molecule has 0 saturated heterocycles. The molecule has 0 radical (unpaired) electrons. The second kappa shape index (κ2) is 8.23. The lowest BCUT2D eigenvalue weighted by Crippen LogP contribution is -2.32. The zero-order valence-corrected chi connectivity index (χ0v) is 18.4. The summed E-state index contributed by atoms with van der Waals surface area (Å²) in [4.78, 5) is 14.4. The van der Waals surface area contributed by atoms with E-state index in [0.29, 0.717) is 10.8 Å². The Hall–Kier alpha value is -2.46. The van der Waals surface area contributed by atoms with Gasteiger partial charge in [0.25, 0.3) is 5.91 Å². The number of benzene rings is 2. The van der Waals surface area contributed by atoms with E-state index in [1.807, 2.05) is 0 Å². The Balaban J connectivity index is 1.98. The Labute approximate surface area is 182 Å². The molecule has 1 aliphatic heterocycles. The number of ether oxygens (including phenoxy) is 2. The number of nitrogens with zero attached hydrogens (tertiary/aromatic N) is 1. The third-order valence-corrected chi connectivity index (χ3v) is 6.26. The van der Waals surface area contributed by atoms with Gasteiger partial charge in [-0.25, -0.2) is 8.42 Å². The average molecular weight is 478 g/mol. The van der Waals surface area contributed by atoms with E-state index in [1.165, 1.54) is 12.0 Å². The first-order chi connectivity index (χ1) is 14.3. The number of methoxy groups -OCH3 is 1. The van der Waals surface area contributed by atoms with Gasteiger partial charge in [0.1, 0.15) is 11.5 Å². The number of fused-ring (bicyclic) bond motifs is 1. The van der Waals surface area contributed by atoms with E-state index in [1.54, 1.807) is 12.1 Å². The van der Waals surface area contributed by atoms with Crippen LogP contribution in [0.2, 0.25) is 5.02 Å². The fourth-order valence-corrected chi connectivity index (χ4v) is 4.05. The van der Waals surface area contributed by atoms with Crippen molar-refractivity contribution in [1.82, 2.24) is 4.90 Å². The number of hydrogen-bond acceptors (Lipinski definition) is 5. The summed E-state index contributed by atoms with van der Waals surface area (Å²) in [5, 5.41) is 0.359. The van der Waals surface area contributed by atoms with E-state index in [4.69, 9.17) is 21.1 Å². The van der Waals surface area contributed by atoms with Gasteiger partial charge in [0, 0.05) is 19.3 Å². The number of carbonyl (C=O) groups is 1. The van der Waals surface area contributed by atoms with Crippen molar-refractivity contribution in [3.8, 4) is 11.5 Å². The number of amides is 1. The van der Waals surface area contributed by atoms with E-state index >= 15 is 0 Å². The van der Waals surface area contributed by atoms with Crippen molar-refractivity contribution in [3.63, 3.8) is 0 Å². The van der Waals surface area contributed by atoms with Crippen LogP contribution in [0, 0.1) is 0 Å². The predicted octanol–water partition coefficient (Wildman–Crippen LogP) is 4.24. The highest BCUT2D eigenvalue weighted by molar-refractivity contribution is 7.90. The molecule has 11 heteroatoms. The normalized spacial score (nSPS) is 14.9. The van der Waals surface area contributed by atoms with Crippen LogP contribution in [-0.4, -0.2) is 44.9 Å². The minimum atomic E-state index is -4.66. The van der Waals surface area contributed by atoms with Crippen LogP contribution in [0.4, 0.5) is 13.2 Å². The second-order valence-electron chi connectivity index (χ2n) is 7.15. The topological polar surface area (TPSA) is 72.9 Å². The van der Waals surface area contributed by atoms with Gasteiger partial charge in [0.05, 0.1) is 22.6 Å². The molecule has 1 amide bonds. The summed E-state index contributed by atoms with van der Waals surface area (Å²) in [7, 11) is -2.25. The van der Waals surface area contributed by atoms with E-state index < -0.39 is 28.0 Å². The van der Waals surface area contributed by atoms with Gasteiger partial charge in [-0.2, -0.15) is 13.2 Å². The van der Waals surface area contributed by atoms with Crippen molar-refractivity contribution in [1.29, 1.82) is 0 Å². The lowest BCUT2D eigenvalue weighted by molar-refractivity contribution is -0.189. The van der Waals surface area contributed by atoms with Crippen molar-refractivity contribution >= 4 is 27.3 Å². The van der Waals surface area contributed by atoms with E-state index in [-0.39, 0.29) is 29.3 Å². The number of halogens is 4. The van der Waals surface area contributed by atoms with Crippen molar-refractivity contribution in [2.75, 3.05) is 13.4 Å². The summed E-state index contributed by atoms with van der Waals surface area (Å²) in [5.41, 5.74) is 1.24. The summed E-state index contributed by atoms with van der Waals surface area (Å²) >= 11 is 6.13. The fourth-order valence-electron chi connectivity index (χ4n) is 3.14. The molecule has 6 nitrogen and oxygen atoms in total. The smallest absolute Gasteiger partial charge is 0.425 e. The molecular weight excluding hydrogens is 459 g/mol. The van der Waals surface area contributed by atoms with Crippen LogP contribution in [0.5, 0.6) is 11.5 Å². The molecule has 0 spiro atoms. The van der Waals surface area contributed by atoms with Crippen molar-refractivity contribution in [2.24, 2.45) is 0 Å². The quantitative estimate of drug-likeness (QED) is 0.644. The molecule has 0 unspecified atom stereocenters. The van der Waals surface area contributed by atoms with Crippen molar-refractivity contribution < 1.29 is 35.9 Å². The number of carbonyl (C=O) groups excluding carboxylic acids is 1. The molecular formula is C20H19ClF3NO5S. The van der Waals surface area contributed by atoms with Crippen molar-refractivity contribution in [3.05, 3.63) is 52.0 Å². The molecule has 0 N–H and O–H groups in total. The minimum absolute atomic E-state index is 0.148. The molecule has 168 valence electrons. The summed E-state index contributed by atoms with van der Waals surface area (Å²) in [6, 6.07) is 6.54. The summed E-state index contributed by atoms with van der Waals surface area (Å²) in [6.45, 7) is 1.10. The van der Waals surface area contributed by atoms with Gasteiger partial charge < -0.3 is 14.4 Å². The van der Waals surface area contributed by atoms with Gasteiger partial charge in [0.15, 0.2) is 15.9 Å². The van der Waals surface area contributed by atoms with Crippen LogP contribution in [0.25, 0.3) is 0 Å². The van der Waals surface area contributed by atoms with E-state index in [0.717, 1.165) is 42.5 Å². The number of alkyl halides is 3. The first kappa shape index (κ1) is 23.2. The highest BCUT2D eigenvalue weighted by Crippen LogP contribution is 2.35. The zero-order chi connectivity index (χ0) is 23.1. The maximum Gasteiger partial charge on any atom is 0.425 e. The SMILES string of the molecule is COc1cc2c(cc1Cl)CN(C(=O)c1cc(S(C)(=O)=O)ccc1O[C@H](C)C(F)(F)F)C2. The largest absolute Gasteiger partial charge is 0.495 e.